The van der Waals surface area contributed by atoms with Gasteiger partial charge in [0.05, 0.1) is 13.2 Å². The van der Waals surface area contributed by atoms with E-state index in [2.05, 4.69) is 45.0 Å². The van der Waals surface area contributed by atoms with E-state index in [1.54, 1.807) is 7.05 Å². The summed E-state index contributed by atoms with van der Waals surface area (Å²) in [6.07, 6.45) is -0.530. The second-order valence-electron chi connectivity index (χ2n) is 11.3. The van der Waals surface area contributed by atoms with Crippen LogP contribution in [0.2, 0.25) is 5.04 Å². The molecule has 0 bridgehead atoms. The highest BCUT2D eigenvalue weighted by molar-refractivity contribution is 6.99. The fourth-order valence-corrected chi connectivity index (χ4v) is 9.57. The Labute approximate surface area is 216 Å². The van der Waals surface area contributed by atoms with Crippen molar-refractivity contribution in [3.63, 3.8) is 0 Å². The summed E-state index contributed by atoms with van der Waals surface area (Å²) in [6.45, 7) is 12.3. The molecule has 0 aliphatic carbocycles. The molecule has 1 aliphatic heterocycles. The fraction of sp³-hybridized carbons (Fsp3) is 0.500. The van der Waals surface area contributed by atoms with Gasteiger partial charge in [-0.2, -0.15) is 0 Å². The van der Waals surface area contributed by atoms with Gasteiger partial charge in [-0.1, -0.05) is 81.4 Å². The minimum atomic E-state index is -2.86. The van der Waals surface area contributed by atoms with Gasteiger partial charge in [-0.25, -0.2) is 9.86 Å². The predicted molar refractivity (Wildman–Crippen MR) is 144 cm³/mol. The van der Waals surface area contributed by atoms with E-state index >= 15 is 0 Å². The first-order valence-corrected chi connectivity index (χ1v) is 14.3. The Balaban J connectivity index is 2.06. The van der Waals surface area contributed by atoms with E-state index in [1.807, 2.05) is 57.2 Å². The maximum Gasteiger partial charge on any atom is 0.411 e. The molecule has 2 amide bonds. The zero-order valence-corrected chi connectivity index (χ0v) is 23.8. The van der Waals surface area contributed by atoms with Crippen LogP contribution in [0.4, 0.5) is 4.79 Å². The van der Waals surface area contributed by atoms with Gasteiger partial charge < -0.3 is 9.16 Å². The molecule has 0 N–H and O–H groups in total. The largest absolute Gasteiger partial charge is 0.444 e. The van der Waals surface area contributed by atoms with Gasteiger partial charge in [0.15, 0.2) is 0 Å². The van der Waals surface area contributed by atoms with Crippen LogP contribution < -0.4 is 10.4 Å². The first-order chi connectivity index (χ1) is 16.8. The lowest BCUT2D eigenvalue weighted by molar-refractivity contribution is -0.173. The Morgan fingerprint density at radius 1 is 0.917 bits per heavy atom. The van der Waals surface area contributed by atoms with Crippen molar-refractivity contribution in [3.05, 3.63) is 60.7 Å². The topological polar surface area (TPSA) is 68.3 Å². The average Bonchev–Trinajstić information content (AvgIpc) is 3.25. The molecule has 7 nitrogen and oxygen atoms in total. The highest BCUT2D eigenvalue weighted by atomic mass is 28.4. The number of ether oxygens (including phenoxy) is 1. The number of amides is 2. The maximum atomic E-state index is 13.2. The van der Waals surface area contributed by atoms with Gasteiger partial charge in [-0.05, 0) is 36.2 Å². The summed E-state index contributed by atoms with van der Waals surface area (Å²) in [4.78, 5) is 33.0. The molecule has 0 aromatic heterocycles. The Kier molecular flexibility index (Phi) is 8.32. The molecule has 2 atom stereocenters. The molecule has 2 aromatic rings. The number of hydrogen-bond donors (Lipinski definition) is 0. The summed E-state index contributed by atoms with van der Waals surface area (Å²) in [5.74, 6) is -0.308. The molecular weight excluding hydrogens is 472 g/mol. The molecule has 2 aromatic carbocycles. The van der Waals surface area contributed by atoms with E-state index in [4.69, 9.17) is 14.0 Å². The van der Waals surface area contributed by atoms with Crippen LogP contribution in [-0.2, 0) is 18.8 Å². The molecule has 0 unspecified atom stereocenters. The van der Waals surface area contributed by atoms with E-state index < -0.39 is 26.1 Å². The molecule has 3 rings (SSSR count). The lowest BCUT2D eigenvalue weighted by atomic mass is 10.2. The molecule has 36 heavy (non-hydrogen) atoms. The van der Waals surface area contributed by atoms with E-state index in [1.165, 1.54) is 12.0 Å². The Morgan fingerprint density at radius 3 is 1.83 bits per heavy atom. The average molecular weight is 513 g/mol. The molecule has 196 valence electrons. The molecule has 0 radical (unpaired) electrons. The summed E-state index contributed by atoms with van der Waals surface area (Å²) < 4.78 is 12.9. The van der Waals surface area contributed by atoms with Gasteiger partial charge in [0, 0.05) is 20.0 Å². The minimum absolute atomic E-state index is 0.224. The van der Waals surface area contributed by atoms with Gasteiger partial charge in [0.25, 0.3) is 14.2 Å². The molecule has 0 spiro atoms. The van der Waals surface area contributed by atoms with Crippen molar-refractivity contribution >= 4 is 30.7 Å². The third-order valence-corrected chi connectivity index (χ3v) is 11.6. The highest BCUT2D eigenvalue weighted by Crippen LogP contribution is 2.39. The number of likely N-dealkylation sites (N-methyl/N-ethyl adjacent to an activating group) is 1. The normalized spacial score (nSPS) is 18.7. The number of carbonyl (C=O) groups is 2. The minimum Gasteiger partial charge on any atom is -0.444 e. The highest BCUT2D eigenvalue weighted by Gasteiger charge is 2.54. The molecule has 1 saturated heterocycles. The second kappa shape index (κ2) is 10.7. The van der Waals surface area contributed by atoms with Crippen LogP contribution in [-0.4, -0.2) is 68.7 Å². The van der Waals surface area contributed by atoms with Gasteiger partial charge in [0.2, 0.25) is 0 Å². The number of hydroxylamine groups is 2. The molecule has 1 fully saturated rings. The summed E-state index contributed by atoms with van der Waals surface area (Å²) in [5.41, 5.74) is -0.686. The third kappa shape index (κ3) is 5.82. The summed E-state index contributed by atoms with van der Waals surface area (Å²) in [5, 5.41) is 3.23. The van der Waals surface area contributed by atoms with Crippen molar-refractivity contribution in [2.24, 2.45) is 0 Å². The van der Waals surface area contributed by atoms with Crippen LogP contribution in [0.1, 0.15) is 48.0 Å². The number of likely N-dealkylation sites (tertiary alicyclic amines) is 1. The monoisotopic (exact) mass is 512 g/mol. The van der Waals surface area contributed by atoms with E-state index in [-0.39, 0.29) is 23.6 Å². The second-order valence-corrected chi connectivity index (χ2v) is 15.6. The number of hydrogen-bond acceptors (Lipinski definition) is 5. The zero-order chi connectivity index (χ0) is 26.7. The summed E-state index contributed by atoms with van der Waals surface area (Å²) >= 11 is 0. The molecule has 1 aliphatic rings. The molecular formula is C28H40N2O5Si. The van der Waals surface area contributed by atoms with Gasteiger partial charge in [0.1, 0.15) is 11.6 Å². The maximum absolute atomic E-state index is 13.2. The lowest BCUT2D eigenvalue weighted by Crippen LogP contribution is -2.67. The third-order valence-electron chi connectivity index (χ3n) is 6.52. The summed E-state index contributed by atoms with van der Waals surface area (Å²) in [7, 11) is 0.119. The standard InChI is InChI=1S/C28H40N2O5Si/c1-27(2,3)34-26(32)30-20-21(19-24(30)25(31)29(7)33-8)35-36(28(4,5)6,22-15-11-9-12-16-22)23-17-13-10-14-18-23/h9-18,21,24H,19-20H2,1-8H3/t21-,24+/m1/s1. The fourth-order valence-electron chi connectivity index (χ4n) is 4.88. The first-order valence-electron chi connectivity index (χ1n) is 12.4. The van der Waals surface area contributed by atoms with Crippen LogP contribution >= 0.6 is 0 Å². The van der Waals surface area contributed by atoms with Gasteiger partial charge in [-0.3, -0.25) is 14.5 Å². The van der Waals surface area contributed by atoms with Crippen molar-refractivity contribution < 1.29 is 23.6 Å². The van der Waals surface area contributed by atoms with Crippen molar-refractivity contribution in [3.8, 4) is 0 Å². The van der Waals surface area contributed by atoms with Gasteiger partial charge in [-0.15, -0.1) is 0 Å². The van der Waals surface area contributed by atoms with Crippen molar-refractivity contribution in [2.75, 3.05) is 20.7 Å². The quantitative estimate of drug-likeness (QED) is 0.433. The van der Waals surface area contributed by atoms with Crippen LogP contribution in [0, 0.1) is 0 Å². The van der Waals surface area contributed by atoms with Crippen molar-refractivity contribution in [1.29, 1.82) is 0 Å². The SMILES string of the molecule is CON(C)C(=O)[C@@H]1C[C@@H](O[Si](c2ccccc2)(c2ccccc2)C(C)(C)C)CN1C(=O)OC(C)(C)C. The number of benzene rings is 2. The first kappa shape index (κ1) is 27.9. The molecule has 8 heteroatoms. The van der Waals surface area contributed by atoms with E-state index in [0.29, 0.717) is 6.42 Å². The predicted octanol–water partition coefficient (Wildman–Crippen LogP) is 3.96. The van der Waals surface area contributed by atoms with Crippen molar-refractivity contribution in [1.82, 2.24) is 9.96 Å². The van der Waals surface area contributed by atoms with Gasteiger partial charge >= 0.3 is 6.09 Å². The van der Waals surface area contributed by atoms with Crippen molar-refractivity contribution in [2.45, 2.75) is 70.7 Å². The Morgan fingerprint density at radius 2 is 1.42 bits per heavy atom. The molecule has 0 saturated carbocycles. The van der Waals surface area contributed by atoms with E-state index in [0.717, 1.165) is 15.4 Å². The molecule has 1 heterocycles. The smallest absolute Gasteiger partial charge is 0.411 e. The van der Waals surface area contributed by atoms with Crippen LogP contribution in [0.5, 0.6) is 0 Å². The Bertz CT molecular complexity index is 994. The number of rotatable bonds is 6. The van der Waals surface area contributed by atoms with E-state index in [9.17, 15) is 9.59 Å². The van der Waals surface area contributed by atoms with Crippen LogP contribution in [0.25, 0.3) is 0 Å². The Hall–Kier alpha value is -2.68. The number of carbonyl (C=O) groups excluding carboxylic acids is 2. The summed E-state index contributed by atoms with van der Waals surface area (Å²) in [6, 6.07) is 19.9. The van der Waals surface area contributed by atoms with Crippen LogP contribution in [0.15, 0.2) is 60.7 Å². The lowest BCUT2D eigenvalue weighted by Gasteiger charge is -2.44. The van der Waals surface area contributed by atoms with Crippen LogP contribution in [0.3, 0.4) is 0 Å². The zero-order valence-electron chi connectivity index (χ0n) is 22.8. The number of nitrogens with zero attached hydrogens (tertiary/aromatic N) is 2.